The van der Waals surface area contributed by atoms with Crippen molar-refractivity contribution in [2.75, 3.05) is 18.5 Å². The maximum absolute atomic E-state index is 11.3. The highest BCUT2D eigenvalue weighted by atomic mass is 16.6. The van der Waals surface area contributed by atoms with Crippen LogP contribution in [0, 0.1) is 0 Å². The molecule has 0 radical (unpaired) electrons. The molecular weight excluding hydrogens is 220 g/mol. The number of nitrogens with two attached hydrogens (primary N) is 1. The molecule has 2 heterocycles. The first-order valence-corrected chi connectivity index (χ1v) is 5.73. The van der Waals surface area contributed by atoms with Crippen molar-refractivity contribution < 1.29 is 14.3 Å². The number of carbonyl (C=O) groups excluding carboxylic acids is 1. The van der Waals surface area contributed by atoms with Crippen LogP contribution in [-0.4, -0.2) is 25.2 Å². The van der Waals surface area contributed by atoms with Crippen LogP contribution in [0.2, 0.25) is 0 Å². The third-order valence-corrected chi connectivity index (χ3v) is 3.07. The highest BCUT2D eigenvalue weighted by molar-refractivity contribution is 5.94. The molecule has 0 bridgehead atoms. The van der Waals surface area contributed by atoms with Crippen molar-refractivity contribution in [1.82, 2.24) is 0 Å². The summed E-state index contributed by atoms with van der Waals surface area (Å²) in [6, 6.07) is 3.68. The zero-order valence-electron chi connectivity index (χ0n) is 9.36. The van der Waals surface area contributed by atoms with E-state index in [0.717, 1.165) is 22.7 Å². The van der Waals surface area contributed by atoms with Gasteiger partial charge in [0.15, 0.2) is 11.5 Å². The van der Waals surface area contributed by atoms with Gasteiger partial charge in [-0.2, -0.15) is 0 Å². The summed E-state index contributed by atoms with van der Waals surface area (Å²) in [6.45, 7) is 0.907. The lowest BCUT2D eigenvalue weighted by Gasteiger charge is -2.29. The molecule has 0 spiro atoms. The van der Waals surface area contributed by atoms with Crippen molar-refractivity contribution >= 4 is 11.6 Å². The van der Waals surface area contributed by atoms with Gasteiger partial charge in [0, 0.05) is 24.2 Å². The molecule has 2 aliphatic heterocycles. The lowest BCUT2D eigenvalue weighted by atomic mass is 10.0. The number of rotatable bonds is 1. The number of ether oxygens (including phenoxy) is 2. The average molecular weight is 234 g/mol. The Morgan fingerprint density at radius 3 is 3.12 bits per heavy atom. The zero-order chi connectivity index (χ0) is 11.8. The van der Waals surface area contributed by atoms with E-state index in [-0.39, 0.29) is 12.0 Å². The van der Waals surface area contributed by atoms with Crippen LogP contribution in [0.3, 0.4) is 0 Å². The number of carbonyl (C=O) groups is 1. The summed E-state index contributed by atoms with van der Waals surface area (Å²) < 4.78 is 11.4. The Bertz CT molecular complexity index is 473. The smallest absolute Gasteiger partial charge is 0.224 e. The molecule has 0 fully saturated rings. The fraction of sp³-hybridized carbons (Fsp3) is 0.417. The third-order valence-electron chi connectivity index (χ3n) is 3.07. The van der Waals surface area contributed by atoms with Crippen LogP contribution >= 0.6 is 0 Å². The second-order valence-electron chi connectivity index (χ2n) is 4.25. The summed E-state index contributed by atoms with van der Waals surface area (Å²) in [6.07, 6.45) is 1.07. The first-order valence-electron chi connectivity index (χ1n) is 5.73. The number of hydrogen-bond donors (Lipinski definition) is 2. The van der Waals surface area contributed by atoms with Crippen molar-refractivity contribution in [2.24, 2.45) is 5.73 Å². The summed E-state index contributed by atoms with van der Waals surface area (Å²) >= 11 is 0. The second kappa shape index (κ2) is 3.92. The Morgan fingerprint density at radius 2 is 2.29 bits per heavy atom. The Morgan fingerprint density at radius 1 is 1.41 bits per heavy atom. The molecule has 0 aliphatic carbocycles. The Kier molecular flexibility index (Phi) is 2.40. The fourth-order valence-corrected chi connectivity index (χ4v) is 2.17. The summed E-state index contributed by atoms with van der Waals surface area (Å²) in [5.74, 6) is 1.53. The molecule has 90 valence electrons. The van der Waals surface area contributed by atoms with Crippen LogP contribution in [0.1, 0.15) is 12.0 Å². The molecule has 1 unspecified atom stereocenters. The number of fused-ring (bicyclic) bond motifs is 3. The maximum Gasteiger partial charge on any atom is 0.224 e. The molecule has 0 saturated heterocycles. The topological polar surface area (TPSA) is 73.6 Å². The molecule has 2 aliphatic rings. The van der Waals surface area contributed by atoms with Gasteiger partial charge in [0.25, 0.3) is 0 Å². The minimum atomic E-state index is -0.105. The van der Waals surface area contributed by atoms with Gasteiger partial charge in [0.1, 0.15) is 12.7 Å². The fourth-order valence-electron chi connectivity index (χ4n) is 2.17. The SMILES string of the molecule is NCC1COc2ccc3c(c2O1)CCC(=O)N3. The molecule has 3 rings (SSSR count). The number of hydrogen-bond acceptors (Lipinski definition) is 4. The van der Waals surface area contributed by atoms with E-state index in [2.05, 4.69) is 5.32 Å². The van der Waals surface area contributed by atoms with E-state index in [4.69, 9.17) is 15.2 Å². The van der Waals surface area contributed by atoms with E-state index >= 15 is 0 Å². The van der Waals surface area contributed by atoms with Gasteiger partial charge in [-0.3, -0.25) is 4.79 Å². The highest BCUT2D eigenvalue weighted by Crippen LogP contribution is 2.41. The molecule has 17 heavy (non-hydrogen) atoms. The van der Waals surface area contributed by atoms with Crippen LogP contribution in [0.15, 0.2) is 12.1 Å². The van der Waals surface area contributed by atoms with Crippen molar-refractivity contribution in [3.63, 3.8) is 0 Å². The molecule has 0 saturated carbocycles. The third kappa shape index (κ3) is 1.72. The van der Waals surface area contributed by atoms with Crippen LogP contribution in [-0.2, 0) is 11.2 Å². The summed E-state index contributed by atoms with van der Waals surface area (Å²) in [4.78, 5) is 11.3. The Labute approximate surface area is 98.9 Å². The Balaban J connectivity index is 2.02. The van der Waals surface area contributed by atoms with E-state index in [1.165, 1.54) is 0 Å². The second-order valence-corrected chi connectivity index (χ2v) is 4.25. The van der Waals surface area contributed by atoms with E-state index in [0.29, 0.717) is 26.0 Å². The minimum Gasteiger partial charge on any atom is -0.486 e. The molecular formula is C12H14N2O3. The molecule has 1 amide bonds. The number of amides is 1. The monoisotopic (exact) mass is 234 g/mol. The van der Waals surface area contributed by atoms with Crippen molar-refractivity contribution in [1.29, 1.82) is 0 Å². The van der Waals surface area contributed by atoms with Gasteiger partial charge >= 0.3 is 0 Å². The van der Waals surface area contributed by atoms with Gasteiger partial charge in [-0.1, -0.05) is 0 Å². The first kappa shape index (κ1) is 10.4. The van der Waals surface area contributed by atoms with Gasteiger partial charge in [-0.05, 0) is 18.6 Å². The number of anilines is 1. The summed E-state index contributed by atoms with van der Waals surface area (Å²) in [7, 11) is 0. The lowest BCUT2D eigenvalue weighted by molar-refractivity contribution is -0.116. The lowest BCUT2D eigenvalue weighted by Crippen LogP contribution is -2.36. The van der Waals surface area contributed by atoms with Gasteiger partial charge < -0.3 is 20.5 Å². The van der Waals surface area contributed by atoms with Crippen LogP contribution in [0.4, 0.5) is 5.69 Å². The highest BCUT2D eigenvalue weighted by Gasteiger charge is 2.27. The molecule has 5 heteroatoms. The number of nitrogens with one attached hydrogen (secondary N) is 1. The predicted octanol–water partition coefficient (Wildman–Crippen LogP) is 0.670. The zero-order valence-corrected chi connectivity index (χ0v) is 9.36. The normalized spacial score (nSPS) is 21.7. The predicted molar refractivity (Wildman–Crippen MR) is 62.4 cm³/mol. The maximum atomic E-state index is 11.3. The van der Waals surface area contributed by atoms with Crippen LogP contribution < -0.4 is 20.5 Å². The quantitative estimate of drug-likeness (QED) is 0.749. The average Bonchev–Trinajstić information content (AvgIpc) is 2.37. The standard InChI is InChI=1S/C12H14N2O3/c13-5-7-6-16-10-3-2-9-8(12(10)17-7)1-4-11(15)14-9/h2-3,7H,1,4-6,13H2,(H,14,15). The van der Waals surface area contributed by atoms with Crippen molar-refractivity contribution in [2.45, 2.75) is 18.9 Å². The van der Waals surface area contributed by atoms with Crippen molar-refractivity contribution in [3.05, 3.63) is 17.7 Å². The molecule has 1 atom stereocenters. The number of benzene rings is 1. The van der Waals surface area contributed by atoms with E-state index in [1.807, 2.05) is 12.1 Å². The minimum absolute atomic E-state index is 0.0459. The van der Waals surface area contributed by atoms with Crippen molar-refractivity contribution in [3.8, 4) is 11.5 Å². The molecule has 0 aromatic heterocycles. The summed E-state index contributed by atoms with van der Waals surface area (Å²) in [5, 5.41) is 2.84. The molecule has 1 aromatic rings. The molecule has 1 aromatic carbocycles. The largest absolute Gasteiger partial charge is 0.486 e. The first-order chi connectivity index (χ1) is 8.28. The summed E-state index contributed by atoms with van der Waals surface area (Å²) in [5.41, 5.74) is 7.42. The molecule has 5 nitrogen and oxygen atoms in total. The molecule has 3 N–H and O–H groups in total. The van der Waals surface area contributed by atoms with E-state index < -0.39 is 0 Å². The van der Waals surface area contributed by atoms with Gasteiger partial charge in [0.05, 0.1) is 0 Å². The van der Waals surface area contributed by atoms with Crippen LogP contribution in [0.5, 0.6) is 11.5 Å². The van der Waals surface area contributed by atoms with Gasteiger partial charge in [0.2, 0.25) is 5.91 Å². The van der Waals surface area contributed by atoms with Gasteiger partial charge in [-0.15, -0.1) is 0 Å². The van der Waals surface area contributed by atoms with E-state index in [1.54, 1.807) is 0 Å². The Hall–Kier alpha value is -1.75. The van der Waals surface area contributed by atoms with Gasteiger partial charge in [-0.25, -0.2) is 0 Å². The van der Waals surface area contributed by atoms with E-state index in [9.17, 15) is 4.79 Å². The van der Waals surface area contributed by atoms with Crippen LogP contribution in [0.25, 0.3) is 0 Å².